The summed E-state index contributed by atoms with van der Waals surface area (Å²) in [6.07, 6.45) is 0.0736. The number of hydrogen-bond donors (Lipinski definition) is 1. The number of rotatable bonds is 6. The molecule has 0 aliphatic carbocycles. The van der Waals surface area contributed by atoms with E-state index in [1.54, 1.807) is 12.1 Å². The maximum absolute atomic E-state index is 12.6. The molecule has 4 nitrogen and oxygen atoms in total. The highest BCUT2D eigenvalue weighted by Crippen LogP contribution is 2.20. The van der Waals surface area contributed by atoms with E-state index >= 15 is 0 Å². The van der Waals surface area contributed by atoms with Gasteiger partial charge >= 0.3 is 0 Å². The van der Waals surface area contributed by atoms with Gasteiger partial charge in [-0.1, -0.05) is 42.5 Å². The first kappa shape index (κ1) is 17.5. The highest BCUT2D eigenvalue weighted by Gasteiger charge is 2.14. The Morgan fingerprint density at radius 3 is 2.44 bits per heavy atom. The molecule has 0 unspecified atom stereocenters. The van der Waals surface area contributed by atoms with Gasteiger partial charge in [-0.2, -0.15) is 0 Å². The average molecular weight is 355 g/mol. The second-order valence-electron chi connectivity index (χ2n) is 6.15. The third kappa shape index (κ3) is 4.38. The van der Waals surface area contributed by atoms with Crippen molar-refractivity contribution < 1.29 is 13.2 Å². The zero-order valence-corrected chi connectivity index (χ0v) is 15.1. The minimum absolute atomic E-state index is 0.0736. The van der Waals surface area contributed by atoms with Gasteiger partial charge in [-0.15, -0.1) is 0 Å². The number of fused-ring (bicyclic) bond motifs is 1. The Balaban J connectivity index is 1.77. The van der Waals surface area contributed by atoms with Gasteiger partial charge in [0.05, 0.1) is 11.0 Å². The highest BCUT2D eigenvalue weighted by atomic mass is 32.2. The van der Waals surface area contributed by atoms with Crippen LogP contribution in [0.5, 0.6) is 5.75 Å². The van der Waals surface area contributed by atoms with Crippen LogP contribution in [-0.4, -0.2) is 14.5 Å². The van der Waals surface area contributed by atoms with Crippen molar-refractivity contribution in [3.05, 3.63) is 72.3 Å². The number of sulfonamides is 1. The lowest BCUT2D eigenvalue weighted by Gasteiger charge is -2.12. The van der Waals surface area contributed by atoms with Gasteiger partial charge in [-0.05, 0) is 54.4 Å². The molecule has 0 heterocycles. The number of benzene rings is 3. The van der Waals surface area contributed by atoms with Crippen molar-refractivity contribution in [3.8, 4) is 5.75 Å². The molecule has 3 aromatic carbocycles. The summed E-state index contributed by atoms with van der Waals surface area (Å²) in [5, 5.41) is 1.91. The number of ether oxygens (including phenoxy) is 1. The van der Waals surface area contributed by atoms with Gasteiger partial charge in [0.25, 0.3) is 0 Å². The van der Waals surface area contributed by atoms with Gasteiger partial charge in [0, 0.05) is 6.54 Å². The molecule has 0 fully saturated rings. The van der Waals surface area contributed by atoms with Crippen LogP contribution in [0.4, 0.5) is 0 Å². The van der Waals surface area contributed by atoms with E-state index in [9.17, 15) is 8.42 Å². The summed E-state index contributed by atoms with van der Waals surface area (Å²) in [4.78, 5) is 0.265. The van der Waals surface area contributed by atoms with Crippen molar-refractivity contribution in [2.24, 2.45) is 0 Å². The summed E-state index contributed by atoms with van der Waals surface area (Å²) in [5.41, 5.74) is 0.850. The van der Waals surface area contributed by atoms with Crippen LogP contribution in [0.15, 0.2) is 71.6 Å². The first-order chi connectivity index (χ1) is 11.9. The van der Waals surface area contributed by atoms with Crippen molar-refractivity contribution >= 4 is 20.8 Å². The smallest absolute Gasteiger partial charge is 0.240 e. The molecule has 0 radical (unpaired) electrons. The molecule has 0 aromatic heterocycles. The monoisotopic (exact) mass is 355 g/mol. The summed E-state index contributed by atoms with van der Waals surface area (Å²) < 4.78 is 33.4. The normalized spacial score (nSPS) is 11.8. The maximum atomic E-state index is 12.6. The van der Waals surface area contributed by atoms with Crippen molar-refractivity contribution in [1.82, 2.24) is 4.72 Å². The SMILES string of the molecule is CC(C)Oc1cccc(CNS(=O)(=O)c2ccc3ccccc3c2)c1. The highest BCUT2D eigenvalue weighted by molar-refractivity contribution is 7.89. The summed E-state index contributed by atoms with van der Waals surface area (Å²) in [6.45, 7) is 4.12. The lowest BCUT2D eigenvalue weighted by molar-refractivity contribution is 0.242. The van der Waals surface area contributed by atoms with E-state index in [2.05, 4.69) is 4.72 Å². The molecule has 0 saturated carbocycles. The molecule has 0 amide bonds. The minimum Gasteiger partial charge on any atom is -0.491 e. The van der Waals surface area contributed by atoms with Gasteiger partial charge < -0.3 is 4.74 Å². The molecule has 3 rings (SSSR count). The molecule has 0 saturated heterocycles. The van der Waals surface area contributed by atoms with E-state index in [4.69, 9.17) is 4.74 Å². The molecular weight excluding hydrogens is 334 g/mol. The second-order valence-corrected chi connectivity index (χ2v) is 7.91. The van der Waals surface area contributed by atoms with Crippen molar-refractivity contribution in [2.75, 3.05) is 0 Å². The Morgan fingerprint density at radius 2 is 1.68 bits per heavy atom. The molecule has 25 heavy (non-hydrogen) atoms. The number of hydrogen-bond acceptors (Lipinski definition) is 3. The minimum atomic E-state index is -3.58. The third-order valence-electron chi connectivity index (χ3n) is 3.77. The summed E-state index contributed by atoms with van der Waals surface area (Å²) in [7, 11) is -3.58. The van der Waals surface area contributed by atoms with Gasteiger partial charge in [0.15, 0.2) is 0 Å². The molecule has 1 N–H and O–H groups in total. The van der Waals surface area contributed by atoms with Crippen LogP contribution < -0.4 is 9.46 Å². The Labute approximate surface area is 148 Å². The Morgan fingerprint density at radius 1 is 0.920 bits per heavy atom. The van der Waals surface area contributed by atoms with Gasteiger partial charge in [0.2, 0.25) is 10.0 Å². The first-order valence-electron chi connectivity index (χ1n) is 8.18. The Bertz CT molecular complexity index is 981. The number of nitrogens with one attached hydrogen (secondary N) is 1. The standard InChI is InChI=1S/C20H21NO3S/c1-15(2)24-19-9-5-6-16(12-19)14-21-25(22,23)20-11-10-17-7-3-4-8-18(17)13-20/h3-13,15,21H,14H2,1-2H3. The summed E-state index contributed by atoms with van der Waals surface area (Å²) >= 11 is 0. The Hall–Kier alpha value is -2.37. The predicted molar refractivity (Wildman–Crippen MR) is 100 cm³/mol. The van der Waals surface area contributed by atoms with Crippen LogP contribution in [0.3, 0.4) is 0 Å². The zero-order valence-electron chi connectivity index (χ0n) is 14.3. The fraction of sp³-hybridized carbons (Fsp3) is 0.200. The van der Waals surface area contributed by atoms with Crippen molar-refractivity contribution in [3.63, 3.8) is 0 Å². The lowest BCUT2D eigenvalue weighted by atomic mass is 10.1. The molecular formula is C20H21NO3S. The molecule has 0 bridgehead atoms. The molecule has 3 aromatic rings. The van der Waals surface area contributed by atoms with Gasteiger partial charge in [-0.25, -0.2) is 13.1 Å². The fourth-order valence-corrected chi connectivity index (χ4v) is 3.65. The fourth-order valence-electron chi connectivity index (χ4n) is 2.60. The maximum Gasteiger partial charge on any atom is 0.240 e. The molecule has 0 atom stereocenters. The summed E-state index contributed by atoms with van der Waals surface area (Å²) in [6, 6.07) is 20.3. The molecule has 0 aliphatic rings. The molecule has 0 spiro atoms. The lowest BCUT2D eigenvalue weighted by Crippen LogP contribution is -2.23. The van der Waals surface area contributed by atoms with E-state index in [0.717, 1.165) is 22.1 Å². The van der Waals surface area contributed by atoms with E-state index in [0.29, 0.717) is 0 Å². The van der Waals surface area contributed by atoms with Crippen LogP contribution >= 0.6 is 0 Å². The predicted octanol–water partition coefficient (Wildman–Crippen LogP) is 4.11. The largest absolute Gasteiger partial charge is 0.491 e. The Kier molecular flexibility index (Phi) is 5.06. The van der Waals surface area contributed by atoms with Crippen LogP contribution in [0, 0.1) is 0 Å². The third-order valence-corrected chi connectivity index (χ3v) is 5.17. The summed E-state index contributed by atoms with van der Waals surface area (Å²) in [5.74, 6) is 0.734. The van der Waals surface area contributed by atoms with Crippen LogP contribution in [0.1, 0.15) is 19.4 Å². The van der Waals surface area contributed by atoms with Crippen LogP contribution in [0.2, 0.25) is 0 Å². The first-order valence-corrected chi connectivity index (χ1v) is 9.66. The van der Waals surface area contributed by atoms with E-state index in [-0.39, 0.29) is 17.5 Å². The van der Waals surface area contributed by atoms with E-state index in [1.165, 1.54) is 0 Å². The van der Waals surface area contributed by atoms with Crippen LogP contribution in [-0.2, 0) is 16.6 Å². The molecule has 0 aliphatic heterocycles. The van der Waals surface area contributed by atoms with E-state index in [1.807, 2.05) is 68.4 Å². The second kappa shape index (κ2) is 7.25. The van der Waals surface area contributed by atoms with Crippen LogP contribution in [0.25, 0.3) is 10.8 Å². The van der Waals surface area contributed by atoms with Gasteiger partial charge in [-0.3, -0.25) is 0 Å². The van der Waals surface area contributed by atoms with E-state index < -0.39 is 10.0 Å². The zero-order chi connectivity index (χ0) is 17.9. The topological polar surface area (TPSA) is 55.4 Å². The van der Waals surface area contributed by atoms with Crippen molar-refractivity contribution in [1.29, 1.82) is 0 Å². The molecule has 5 heteroatoms. The van der Waals surface area contributed by atoms with Gasteiger partial charge in [0.1, 0.15) is 5.75 Å². The average Bonchev–Trinajstić information content (AvgIpc) is 2.59. The van der Waals surface area contributed by atoms with Crippen molar-refractivity contribution in [2.45, 2.75) is 31.4 Å². The molecule has 130 valence electrons. The quantitative estimate of drug-likeness (QED) is 0.724.